The lowest BCUT2D eigenvalue weighted by atomic mass is 9.99. The number of hydrogen-bond donors (Lipinski definition) is 1. The summed E-state index contributed by atoms with van der Waals surface area (Å²) in [5.41, 5.74) is 4.58. The topological polar surface area (TPSA) is 87.2 Å². The summed E-state index contributed by atoms with van der Waals surface area (Å²) in [4.78, 5) is 14.0. The van der Waals surface area contributed by atoms with Crippen LogP contribution in [0.2, 0.25) is 0 Å². The fourth-order valence-electron chi connectivity index (χ4n) is 4.33. The van der Waals surface area contributed by atoms with Crippen LogP contribution in [0, 0.1) is 13.8 Å². The molecule has 166 valence electrons. The Labute approximate surface area is 186 Å². The second-order valence-electron chi connectivity index (χ2n) is 8.18. The molecule has 0 spiro atoms. The Morgan fingerprint density at radius 2 is 1.94 bits per heavy atom. The van der Waals surface area contributed by atoms with Crippen LogP contribution in [0.1, 0.15) is 36.2 Å². The predicted molar refractivity (Wildman–Crippen MR) is 123 cm³/mol. The van der Waals surface area contributed by atoms with E-state index in [0.717, 1.165) is 65.7 Å². The summed E-state index contributed by atoms with van der Waals surface area (Å²) in [5.74, 6) is 4.21. The van der Waals surface area contributed by atoms with Crippen molar-refractivity contribution in [1.29, 1.82) is 0 Å². The number of hydrogen-bond acceptors (Lipinski definition) is 7. The molecule has 1 fully saturated rings. The third kappa shape index (κ3) is 3.71. The molecule has 0 saturated carbocycles. The molecule has 8 nitrogen and oxygen atoms in total. The second-order valence-corrected chi connectivity index (χ2v) is 8.18. The van der Waals surface area contributed by atoms with Gasteiger partial charge in [0.2, 0.25) is 0 Å². The fraction of sp³-hybridized carbons (Fsp3) is 0.375. The molecule has 1 saturated heterocycles. The van der Waals surface area contributed by atoms with Gasteiger partial charge >= 0.3 is 0 Å². The molecule has 32 heavy (non-hydrogen) atoms. The molecule has 8 heteroatoms. The van der Waals surface area contributed by atoms with E-state index in [4.69, 9.17) is 23.9 Å². The number of pyridine rings is 1. The Morgan fingerprint density at radius 1 is 1.12 bits per heavy atom. The van der Waals surface area contributed by atoms with E-state index in [0.29, 0.717) is 23.3 Å². The van der Waals surface area contributed by atoms with Crippen LogP contribution in [-0.2, 0) is 11.8 Å². The zero-order valence-electron chi connectivity index (χ0n) is 18.8. The average molecular weight is 434 g/mol. The number of anilines is 2. The number of oxazole rings is 1. The number of imidazole rings is 1. The van der Waals surface area contributed by atoms with Crippen molar-refractivity contribution >= 4 is 22.5 Å². The number of benzene rings is 1. The summed E-state index contributed by atoms with van der Waals surface area (Å²) < 4.78 is 19.0. The standard InChI is InChI=1S/C24H27N5O3/c1-14-11-19-22(28-24(29(19)3)16-7-9-31-10-8-16)23(26-14)27-17-5-6-18(20(12-17)30-4)21-13-25-15(2)32-21/h5-6,11-13,16H,7-10H2,1-4H3,(H,26,27). The van der Waals surface area contributed by atoms with Gasteiger partial charge in [-0.3, -0.25) is 0 Å². The highest BCUT2D eigenvalue weighted by molar-refractivity contribution is 5.89. The molecule has 0 radical (unpaired) electrons. The van der Waals surface area contributed by atoms with Gasteiger partial charge in [-0.2, -0.15) is 0 Å². The summed E-state index contributed by atoms with van der Waals surface area (Å²) in [6, 6.07) is 7.96. The molecular weight excluding hydrogens is 406 g/mol. The van der Waals surface area contributed by atoms with Gasteiger partial charge in [-0.15, -0.1) is 0 Å². The average Bonchev–Trinajstić information content (AvgIpc) is 3.38. The van der Waals surface area contributed by atoms with Crippen LogP contribution in [-0.4, -0.2) is 39.8 Å². The number of aromatic nitrogens is 4. The highest BCUT2D eigenvalue weighted by Crippen LogP contribution is 2.35. The smallest absolute Gasteiger partial charge is 0.191 e. The van der Waals surface area contributed by atoms with Crippen LogP contribution in [0.3, 0.4) is 0 Å². The van der Waals surface area contributed by atoms with E-state index >= 15 is 0 Å². The molecule has 1 N–H and O–H groups in total. The first-order chi connectivity index (χ1) is 15.5. The van der Waals surface area contributed by atoms with Crippen LogP contribution in [0.5, 0.6) is 5.75 Å². The SMILES string of the molecule is COc1cc(Nc2nc(C)cc3c2nc(C2CCOCC2)n3C)ccc1-c1cnc(C)o1. The van der Waals surface area contributed by atoms with Crippen molar-refractivity contribution in [3.8, 4) is 17.1 Å². The van der Waals surface area contributed by atoms with Gasteiger partial charge in [0.05, 0.1) is 24.4 Å². The molecule has 0 unspecified atom stereocenters. The van der Waals surface area contributed by atoms with Gasteiger partial charge in [0, 0.05) is 50.6 Å². The van der Waals surface area contributed by atoms with Gasteiger partial charge in [-0.1, -0.05) is 0 Å². The Hall–Kier alpha value is -3.39. The minimum absolute atomic E-state index is 0.402. The molecule has 1 aliphatic heterocycles. The number of ether oxygens (including phenoxy) is 2. The maximum Gasteiger partial charge on any atom is 0.191 e. The molecule has 5 rings (SSSR count). The number of nitrogens with zero attached hydrogens (tertiary/aromatic N) is 4. The minimum atomic E-state index is 0.402. The van der Waals surface area contributed by atoms with E-state index in [1.165, 1.54) is 0 Å². The molecule has 4 aromatic rings. The second kappa shape index (κ2) is 8.27. The van der Waals surface area contributed by atoms with Crippen molar-refractivity contribution in [2.75, 3.05) is 25.6 Å². The summed E-state index contributed by atoms with van der Waals surface area (Å²) >= 11 is 0. The molecule has 0 bridgehead atoms. The van der Waals surface area contributed by atoms with Crippen molar-refractivity contribution in [3.63, 3.8) is 0 Å². The Kier molecular flexibility index (Phi) is 5.30. The largest absolute Gasteiger partial charge is 0.496 e. The van der Waals surface area contributed by atoms with E-state index in [1.807, 2.05) is 32.0 Å². The summed E-state index contributed by atoms with van der Waals surface area (Å²) in [7, 11) is 3.73. The van der Waals surface area contributed by atoms with Gasteiger partial charge in [0.25, 0.3) is 0 Å². The number of rotatable bonds is 5. The maximum absolute atomic E-state index is 5.67. The van der Waals surface area contributed by atoms with Crippen molar-refractivity contribution in [1.82, 2.24) is 19.5 Å². The van der Waals surface area contributed by atoms with Gasteiger partial charge in [-0.25, -0.2) is 15.0 Å². The molecule has 1 aromatic carbocycles. The number of nitrogens with one attached hydrogen (secondary N) is 1. The molecule has 0 atom stereocenters. The molecular formula is C24H27N5O3. The number of fused-ring (bicyclic) bond motifs is 1. The Morgan fingerprint density at radius 3 is 2.66 bits per heavy atom. The minimum Gasteiger partial charge on any atom is -0.496 e. The first-order valence-corrected chi connectivity index (χ1v) is 10.8. The third-order valence-corrected chi connectivity index (χ3v) is 5.97. The van der Waals surface area contributed by atoms with Crippen molar-refractivity contribution < 1.29 is 13.9 Å². The van der Waals surface area contributed by atoms with Crippen molar-refractivity contribution in [2.45, 2.75) is 32.6 Å². The van der Waals surface area contributed by atoms with Crippen LogP contribution >= 0.6 is 0 Å². The quantitative estimate of drug-likeness (QED) is 0.480. The van der Waals surface area contributed by atoms with E-state index < -0.39 is 0 Å². The van der Waals surface area contributed by atoms with Crippen LogP contribution in [0.4, 0.5) is 11.5 Å². The summed E-state index contributed by atoms with van der Waals surface area (Å²) in [6.07, 6.45) is 3.69. The van der Waals surface area contributed by atoms with Crippen LogP contribution in [0.25, 0.3) is 22.4 Å². The highest BCUT2D eigenvalue weighted by atomic mass is 16.5. The fourth-order valence-corrected chi connectivity index (χ4v) is 4.33. The van der Waals surface area contributed by atoms with Crippen LogP contribution < -0.4 is 10.1 Å². The zero-order valence-corrected chi connectivity index (χ0v) is 18.8. The van der Waals surface area contributed by atoms with Gasteiger partial charge in [0.1, 0.15) is 17.1 Å². The predicted octanol–water partition coefficient (Wildman–Crippen LogP) is 4.89. The maximum atomic E-state index is 5.67. The first-order valence-electron chi connectivity index (χ1n) is 10.8. The van der Waals surface area contributed by atoms with E-state index in [-0.39, 0.29) is 0 Å². The molecule has 3 aromatic heterocycles. The number of methoxy groups -OCH3 is 1. The molecule has 4 heterocycles. The van der Waals surface area contributed by atoms with Gasteiger partial charge in [-0.05, 0) is 38.0 Å². The normalized spacial score (nSPS) is 14.8. The lowest BCUT2D eigenvalue weighted by molar-refractivity contribution is 0.0831. The lowest BCUT2D eigenvalue weighted by Gasteiger charge is -2.21. The van der Waals surface area contributed by atoms with Gasteiger partial charge < -0.3 is 23.8 Å². The third-order valence-electron chi connectivity index (χ3n) is 5.97. The highest BCUT2D eigenvalue weighted by Gasteiger charge is 2.23. The Balaban J connectivity index is 1.52. The van der Waals surface area contributed by atoms with Crippen molar-refractivity contribution in [3.05, 3.63) is 47.9 Å². The molecule has 0 aliphatic carbocycles. The van der Waals surface area contributed by atoms with Gasteiger partial charge in [0.15, 0.2) is 17.5 Å². The molecule has 0 amide bonds. The first kappa shape index (κ1) is 20.5. The zero-order chi connectivity index (χ0) is 22.2. The van der Waals surface area contributed by atoms with Crippen molar-refractivity contribution in [2.24, 2.45) is 7.05 Å². The monoisotopic (exact) mass is 433 g/mol. The van der Waals surface area contributed by atoms with E-state index in [2.05, 4.69) is 28.0 Å². The van der Waals surface area contributed by atoms with E-state index in [9.17, 15) is 0 Å². The van der Waals surface area contributed by atoms with E-state index in [1.54, 1.807) is 13.3 Å². The lowest BCUT2D eigenvalue weighted by Crippen LogP contribution is -2.17. The number of aryl methyl sites for hydroxylation is 3. The Bertz CT molecular complexity index is 1270. The summed E-state index contributed by atoms with van der Waals surface area (Å²) in [5, 5.41) is 3.45. The molecule has 1 aliphatic rings. The summed E-state index contributed by atoms with van der Waals surface area (Å²) in [6.45, 7) is 5.39. The van der Waals surface area contributed by atoms with Crippen LogP contribution in [0.15, 0.2) is 34.9 Å².